The lowest BCUT2D eigenvalue weighted by atomic mass is 9.70. The first-order valence-corrected chi connectivity index (χ1v) is 9.48. The van der Waals surface area contributed by atoms with Crippen LogP contribution < -0.4 is 5.32 Å². The number of carbonyl (C=O) groups excluding carboxylic acids is 1. The van der Waals surface area contributed by atoms with Gasteiger partial charge in [0.2, 0.25) is 11.0 Å². The number of aromatic nitrogens is 4. The van der Waals surface area contributed by atoms with Gasteiger partial charge in [0.25, 0.3) is 0 Å². The Morgan fingerprint density at radius 1 is 1.19 bits per heavy atom. The second kappa shape index (κ2) is 6.92. The Morgan fingerprint density at radius 2 is 2.00 bits per heavy atom. The molecule has 3 aromatic heterocycles. The van der Waals surface area contributed by atoms with Crippen LogP contribution >= 0.6 is 11.3 Å². The zero-order valence-electron chi connectivity index (χ0n) is 15.0. The highest BCUT2D eigenvalue weighted by molar-refractivity contribution is 7.13. The molecule has 1 aromatic carbocycles. The van der Waals surface area contributed by atoms with Crippen molar-refractivity contribution >= 4 is 27.9 Å². The summed E-state index contributed by atoms with van der Waals surface area (Å²) in [6.45, 7) is 3.92. The van der Waals surface area contributed by atoms with Gasteiger partial charge in [-0.1, -0.05) is 55.5 Å². The quantitative estimate of drug-likeness (QED) is 0.571. The standard InChI is InChI=1S/C20H19N5OS/c1-20(2,18(26)23-19-24-22-13-27-19)17(14-6-4-3-5-7-14)15-8-9-25-12-21-11-16(25)10-15/h3-13,17H,1-2H3,(H,23,24,26). The first kappa shape index (κ1) is 17.4. The minimum atomic E-state index is -0.717. The van der Waals surface area contributed by atoms with Gasteiger partial charge in [-0.3, -0.25) is 4.79 Å². The van der Waals surface area contributed by atoms with E-state index in [-0.39, 0.29) is 11.8 Å². The maximum atomic E-state index is 13.1. The Kier molecular flexibility index (Phi) is 4.45. The normalized spacial score (nSPS) is 12.8. The van der Waals surface area contributed by atoms with Crippen molar-refractivity contribution in [1.29, 1.82) is 0 Å². The predicted octanol–water partition coefficient (Wildman–Crippen LogP) is 3.98. The third kappa shape index (κ3) is 3.33. The molecule has 7 heteroatoms. The number of nitrogens with zero attached hydrogens (tertiary/aromatic N) is 4. The molecule has 0 aliphatic carbocycles. The van der Waals surface area contributed by atoms with Crippen LogP contribution in [0, 0.1) is 5.41 Å². The van der Waals surface area contributed by atoms with Crippen molar-refractivity contribution in [2.45, 2.75) is 19.8 Å². The summed E-state index contributed by atoms with van der Waals surface area (Å²) in [5.74, 6) is -0.229. The molecule has 4 aromatic rings. The Labute approximate surface area is 160 Å². The molecule has 1 unspecified atom stereocenters. The molecule has 0 aliphatic heterocycles. The van der Waals surface area contributed by atoms with Crippen LogP contribution in [-0.2, 0) is 4.79 Å². The summed E-state index contributed by atoms with van der Waals surface area (Å²) in [5.41, 5.74) is 4.02. The largest absolute Gasteiger partial charge is 0.306 e. The lowest BCUT2D eigenvalue weighted by molar-refractivity contribution is -0.124. The number of anilines is 1. The molecule has 6 nitrogen and oxygen atoms in total. The molecule has 0 bridgehead atoms. The number of hydrogen-bond acceptors (Lipinski definition) is 5. The van der Waals surface area contributed by atoms with Gasteiger partial charge in [0.15, 0.2) is 0 Å². The summed E-state index contributed by atoms with van der Waals surface area (Å²) in [7, 11) is 0. The SMILES string of the molecule is CC(C)(C(=O)Nc1nncs1)C(c1ccccc1)c1ccn2cncc2c1. The molecular formula is C20H19N5OS. The van der Waals surface area contributed by atoms with E-state index >= 15 is 0 Å². The van der Waals surface area contributed by atoms with Crippen LogP contribution in [0.1, 0.15) is 30.9 Å². The van der Waals surface area contributed by atoms with E-state index in [0.717, 1.165) is 16.6 Å². The van der Waals surface area contributed by atoms with Gasteiger partial charge in [0.1, 0.15) is 5.51 Å². The molecule has 0 aliphatic rings. The van der Waals surface area contributed by atoms with Crippen molar-refractivity contribution in [2.24, 2.45) is 5.41 Å². The van der Waals surface area contributed by atoms with E-state index in [4.69, 9.17) is 0 Å². The number of pyridine rings is 1. The predicted molar refractivity (Wildman–Crippen MR) is 106 cm³/mol. The number of amides is 1. The molecule has 0 spiro atoms. The van der Waals surface area contributed by atoms with E-state index in [9.17, 15) is 4.79 Å². The number of imidazole rings is 1. The minimum Gasteiger partial charge on any atom is -0.306 e. The number of benzene rings is 1. The summed E-state index contributed by atoms with van der Waals surface area (Å²) in [6.07, 6.45) is 5.57. The first-order chi connectivity index (χ1) is 13.1. The first-order valence-electron chi connectivity index (χ1n) is 8.60. The monoisotopic (exact) mass is 377 g/mol. The molecule has 3 heterocycles. The van der Waals surface area contributed by atoms with Crippen LogP contribution in [0.5, 0.6) is 0 Å². The molecule has 1 N–H and O–H groups in total. The van der Waals surface area contributed by atoms with Crippen molar-refractivity contribution < 1.29 is 4.79 Å². The molecule has 1 amide bonds. The van der Waals surface area contributed by atoms with Crippen LogP contribution in [0.3, 0.4) is 0 Å². The number of carbonyl (C=O) groups is 1. The van der Waals surface area contributed by atoms with E-state index in [1.165, 1.54) is 11.3 Å². The maximum absolute atomic E-state index is 13.1. The molecule has 0 saturated heterocycles. The van der Waals surface area contributed by atoms with Gasteiger partial charge < -0.3 is 9.72 Å². The third-order valence-electron chi connectivity index (χ3n) is 4.79. The molecule has 0 radical (unpaired) electrons. The Bertz CT molecular complexity index is 1060. The van der Waals surface area contributed by atoms with E-state index < -0.39 is 5.41 Å². The van der Waals surface area contributed by atoms with Crippen molar-refractivity contribution in [1.82, 2.24) is 19.6 Å². The highest BCUT2D eigenvalue weighted by Gasteiger charge is 2.39. The van der Waals surface area contributed by atoms with Gasteiger partial charge in [-0.25, -0.2) is 4.98 Å². The van der Waals surface area contributed by atoms with Crippen LogP contribution in [0.25, 0.3) is 5.52 Å². The summed E-state index contributed by atoms with van der Waals surface area (Å²) in [4.78, 5) is 17.3. The Morgan fingerprint density at radius 3 is 2.74 bits per heavy atom. The average Bonchev–Trinajstić information content (AvgIpc) is 3.33. The van der Waals surface area contributed by atoms with Crippen molar-refractivity contribution in [2.75, 3.05) is 5.32 Å². The summed E-state index contributed by atoms with van der Waals surface area (Å²) < 4.78 is 1.96. The van der Waals surface area contributed by atoms with Crippen LogP contribution in [0.4, 0.5) is 5.13 Å². The van der Waals surface area contributed by atoms with Crippen LogP contribution in [0.2, 0.25) is 0 Å². The molecule has 0 saturated carbocycles. The summed E-state index contributed by atoms with van der Waals surface area (Å²) >= 11 is 1.31. The van der Waals surface area contributed by atoms with E-state index in [2.05, 4.69) is 38.7 Å². The fourth-order valence-electron chi connectivity index (χ4n) is 3.40. The van der Waals surface area contributed by atoms with E-state index in [0.29, 0.717) is 5.13 Å². The van der Waals surface area contributed by atoms with E-state index in [1.54, 1.807) is 11.8 Å². The van der Waals surface area contributed by atoms with Crippen molar-refractivity contribution in [3.8, 4) is 0 Å². The summed E-state index contributed by atoms with van der Waals surface area (Å²) in [5, 5.41) is 11.1. The van der Waals surface area contributed by atoms with Crippen molar-refractivity contribution in [3.05, 3.63) is 77.8 Å². The third-order valence-corrected chi connectivity index (χ3v) is 5.40. The average molecular weight is 377 g/mol. The second-order valence-corrected chi connectivity index (χ2v) is 7.78. The lowest BCUT2D eigenvalue weighted by Gasteiger charge is -2.33. The molecule has 27 heavy (non-hydrogen) atoms. The summed E-state index contributed by atoms with van der Waals surface area (Å²) in [6, 6.07) is 14.2. The molecule has 136 valence electrons. The minimum absolute atomic E-state index is 0.0958. The number of hydrogen-bond donors (Lipinski definition) is 1. The smallest absolute Gasteiger partial charge is 0.232 e. The molecule has 0 fully saturated rings. The highest BCUT2D eigenvalue weighted by Crippen LogP contribution is 2.42. The molecular weight excluding hydrogens is 358 g/mol. The zero-order chi connectivity index (χ0) is 18.9. The molecule has 4 rings (SSSR count). The van der Waals surface area contributed by atoms with Gasteiger partial charge in [-0.05, 0) is 23.3 Å². The topological polar surface area (TPSA) is 72.2 Å². The highest BCUT2D eigenvalue weighted by atomic mass is 32.1. The van der Waals surface area contributed by atoms with Crippen LogP contribution in [-0.4, -0.2) is 25.5 Å². The van der Waals surface area contributed by atoms with Crippen LogP contribution in [0.15, 0.2) is 66.7 Å². The lowest BCUT2D eigenvalue weighted by Crippen LogP contribution is -2.37. The number of nitrogens with one attached hydrogen (secondary N) is 1. The van der Waals surface area contributed by atoms with Gasteiger partial charge in [0, 0.05) is 12.1 Å². The Hall–Kier alpha value is -3.06. The number of rotatable bonds is 5. The van der Waals surface area contributed by atoms with Gasteiger partial charge in [-0.2, -0.15) is 0 Å². The molecule has 1 atom stereocenters. The number of fused-ring (bicyclic) bond motifs is 1. The van der Waals surface area contributed by atoms with Gasteiger partial charge >= 0.3 is 0 Å². The second-order valence-electron chi connectivity index (χ2n) is 6.95. The fourth-order valence-corrected chi connectivity index (χ4v) is 3.84. The van der Waals surface area contributed by atoms with Crippen molar-refractivity contribution in [3.63, 3.8) is 0 Å². The van der Waals surface area contributed by atoms with E-state index in [1.807, 2.05) is 54.9 Å². The van der Waals surface area contributed by atoms with Gasteiger partial charge in [0.05, 0.1) is 23.5 Å². The Balaban J connectivity index is 1.78. The maximum Gasteiger partial charge on any atom is 0.232 e. The fraction of sp³-hybridized carbons (Fsp3) is 0.200. The zero-order valence-corrected chi connectivity index (χ0v) is 15.9. The van der Waals surface area contributed by atoms with Gasteiger partial charge in [-0.15, -0.1) is 10.2 Å².